The lowest BCUT2D eigenvalue weighted by molar-refractivity contribution is -0.0380. The van der Waals surface area contributed by atoms with Crippen LogP contribution in [-0.2, 0) is 0 Å². The molecule has 0 saturated carbocycles. The minimum atomic E-state index is -0.436. The fraction of sp³-hybridized carbons (Fsp3) is 1.00. The summed E-state index contributed by atoms with van der Waals surface area (Å²) in [5.41, 5.74) is -0.436. The number of nitrogens with zero attached hydrogens (tertiary/aromatic N) is 1. The Balaban J connectivity index is 2.36. The van der Waals surface area contributed by atoms with Crippen LogP contribution in [-0.4, -0.2) is 34.7 Å². The molecule has 0 amide bonds. The first-order valence-electron chi connectivity index (χ1n) is 5.07. The molecule has 1 atom stereocenters. The number of aliphatic hydroxyl groups is 1. The first-order chi connectivity index (χ1) is 5.61. The Morgan fingerprint density at radius 2 is 2.00 bits per heavy atom. The van der Waals surface area contributed by atoms with Crippen molar-refractivity contribution in [2.45, 2.75) is 51.7 Å². The summed E-state index contributed by atoms with van der Waals surface area (Å²) in [4.78, 5) is 2.37. The van der Waals surface area contributed by atoms with E-state index in [2.05, 4.69) is 25.7 Å². The molecule has 1 heterocycles. The van der Waals surface area contributed by atoms with Gasteiger partial charge in [-0.05, 0) is 26.2 Å². The van der Waals surface area contributed by atoms with Crippen LogP contribution in [0.25, 0.3) is 0 Å². The highest BCUT2D eigenvalue weighted by atomic mass is 16.3. The molecule has 1 fully saturated rings. The molecule has 0 radical (unpaired) electrons. The summed E-state index contributed by atoms with van der Waals surface area (Å²) in [6.45, 7) is 8.39. The molecule has 0 bridgehead atoms. The predicted molar refractivity (Wildman–Crippen MR) is 51.2 cm³/mol. The molecule has 2 heteroatoms. The number of hydrogen-bond donors (Lipinski definition) is 1. The van der Waals surface area contributed by atoms with Gasteiger partial charge in [-0.2, -0.15) is 0 Å². The van der Waals surface area contributed by atoms with E-state index in [1.165, 1.54) is 13.0 Å². The summed E-state index contributed by atoms with van der Waals surface area (Å²) in [6, 6.07) is 0.689. The molecule has 0 aromatic carbocycles. The molecule has 1 rings (SSSR count). The molecule has 72 valence electrons. The van der Waals surface area contributed by atoms with Gasteiger partial charge < -0.3 is 5.11 Å². The highest BCUT2D eigenvalue weighted by Gasteiger charge is 2.31. The largest absolute Gasteiger partial charge is 0.389 e. The van der Waals surface area contributed by atoms with Crippen LogP contribution in [0.1, 0.15) is 40.0 Å². The topological polar surface area (TPSA) is 23.5 Å². The normalized spacial score (nSPS) is 25.5. The molecule has 1 N–H and O–H groups in total. The van der Waals surface area contributed by atoms with E-state index < -0.39 is 5.60 Å². The Hall–Kier alpha value is -0.0800. The number of likely N-dealkylation sites (tertiary alicyclic amines) is 1. The molecule has 1 aliphatic heterocycles. The molecule has 12 heavy (non-hydrogen) atoms. The Kier molecular flexibility index (Phi) is 3.13. The van der Waals surface area contributed by atoms with Gasteiger partial charge in [0.25, 0.3) is 0 Å². The summed E-state index contributed by atoms with van der Waals surface area (Å²) in [7, 11) is 0. The third-order valence-corrected chi connectivity index (χ3v) is 3.27. The summed E-state index contributed by atoms with van der Waals surface area (Å²) in [6.07, 6.45) is 3.03. The van der Waals surface area contributed by atoms with Gasteiger partial charge in [-0.1, -0.05) is 13.8 Å². The maximum atomic E-state index is 10.0. The standard InChI is InChI=1S/C10H21NO/c1-4-10(12,5-2)8-11-7-6-9(11)3/h9,12H,4-8H2,1-3H3. The lowest BCUT2D eigenvalue weighted by atomic mass is 9.93. The van der Waals surface area contributed by atoms with Crippen LogP contribution in [0.3, 0.4) is 0 Å². The maximum Gasteiger partial charge on any atom is 0.0769 e. The van der Waals surface area contributed by atoms with E-state index in [4.69, 9.17) is 0 Å². The van der Waals surface area contributed by atoms with Gasteiger partial charge in [-0.25, -0.2) is 0 Å². The zero-order valence-corrected chi connectivity index (χ0v) is 8.51. The van der Waals surface area contributed by atoms with Gasteiger partial charge in [0.15, 0.2) is 0 Å². The van der Waals surface area contributed by atoms with E-state index in [0.29, 0.717) is 6.04 Å². The van der Waals surface area contributed by atoms with Gasteiger partial charge in [-0.3, -0.25) is 4.90 Å². The van der Waals surface area contributed by atoms with E-state index in [0.717, 1.165) is 19.4 Å². The zero-order chi connectivity index (χ0) is 9.19. The Morgan fingerprint density at radius 3 is 2.25 bits per heavy atom. The predicted octanol–water partition coefficient (Wildman–Crippen LogP) is 1.63. The number of hydrogen-bond acceptors (Lipinski definition) is 2. The van der Waals surface area contributed by atoms with Gasteiger partial charge in [0.2, 0.25) is 0 Å². The van der Waals surface area contributed by atoms with Crippen LogP contribution in [0, 0.1) is 0 Å². The van der Waals surface area contributed by atoms with Gasteiger partial charge >= 0.3 is 0 Å². The molecule has 1 aliphatic rings. The van der Waals surface area contributed by atoms with E-state index in [1.54, 1.807) is 0 Å². The summed E-state index contributed by atoms with van der Waals surface area (Å²) < 4.78 is 0. The van der Waals surface area contributed by atoms with Gasteiger partial charge in [0.1, 0.15) is 0 Å². The average Bonchev–Trinajstić information content (AvgIpc) is 2.11. The highest BCUT2D eigenvalue weighted by Crippen LogP contribution is 2.23. The highest BCUT2D eigenvalue weighted by molar-refractivity contribution is 4.87. The van der Waals surface area contributed by atoms with Crippen LogP contribution in [0.4, 0.5) is 0 Å². The van der Waals surface area contributed by atoms with Crippen molar-refractivity contribution in [1.82, 2.24) is 4.90 Å². The fourth-order valence-electron chi connectivity index (χ4n) is 1.66. The van der Waals surface area contributed by atoms with E-state index >= 15 is 0 Å². The zero-order valence-electron chi connectivity index (χ0n) is 8.51. The second-order valence-corrected chi connectivity index (χ2v) is 4.04. The molecule has 2 nitrogen and oxygen atoms in total. The summed E-state index contributed by atoms with van der Waals surface area (Å²) in [5.74, 6) is 0. The second-order valence-electron chi connectivity index (χ2n) is 4.04. The number of β-amino-alcohol motifs (C(OH)–C–C–N with tert-alkyl or cyclic N) is 1. The van der Waals surface area contributed by atoms with E-state index in [-0.39, 0.29) is 0 Å². The Morgan fingerprint density at radius 1 is 1.42 bits per heavy atom. The minimum absolute atomic E-state index is 0.436. The number of rotatable bonds is 4. The lowest BCUT2D eigenvalue weighted by Gasteiger charge is -2.43. The van der Waals surface area contributed by atoms with Crippen LogP contribution < -0.4 is 0 Å². The van der Waals surface area contributed by atoms with Crippen molar-refractivity contribution in [1.29, 1.82) is 0 Å². The Bertz CT molecular complexity index is 143. The van der Waals surface area contributed by atoms with E-state index in [9.17, 15) is 5.11 Å². The van der Waals surface area contributed by atoms with Crippen molar-refractivity contribution in [3.05, 3.63) is 0 Å². The average molecular weight is 171 g/mol. The molecule has 0 aliphatic carbocycles. The summed E-state index contributed by atoms with van der Waals surface area (Å²) >= 11 is 0. The van der Waals surface area contributed by atoms with Gasteiger partial charge in [0, 0.05) is 19.1 Å². The van der Waals surface area contributed by atoms with E-state index in [1.807, 2.05) is 0 Å². The van der Waals surface area contributed by atoms with Crippen LogP contribution in [0.15, 0.2) is 0 Å². The Labute approximate surface area is 75.6 Å². The van der Waals surface area contributed by atoms with Crippen molar-refractivity contribution < 1.29 is 5.11 Å². The quantitative estimate of drug-likeness (QED) is 0.695. The SMILES string of the molecule is CCC(O)(CC)CN1CCC1C. The maximum absolute atomic E-state index is 10.0. The molecule has 1 saturated heterocycles. The van der Waals surface area contributed by atoms with Crippen LogP contribution in [0.2, 0.25) is 0 Å². The smallest absolute Gasteiger partial charge is 0.0769 e. The summed E-state index contributed by atoms with van der Waals surface area (Å²) in [5, 5.41) is 10.0. The van der Waals surface area contributed by atoms with Crippen molar-refractivity contribution >= 4 is 0 Å². The fourth-order valence-corrected chi connectivity index (χ4v) is 1.66. The van der Waals surface area contributed by atoms with Crippen LogP contribution in [0.5, 0.6) is 0 Å². The van der Waals surface area contributed by atoms with Gasteiger partial charge in [0.05, 0.1) is 5.60 Å². The lowest BCUT2D eigenvalue weighted by Crippen LogP contribution is -2.53. The molecule has 0 aromatic heterocycles. The van der Waals surface area contributed by atoms with Crippen molar-refractivity contribution in [2.75, 3.05) is 13.1 Å². The molecule has 0 spiro atoms. The molecular weight excluding hydrogens is 150 g/mol. The molecule has 0 aromatic rings. The third-order valence-electron chi connectivity index (χ3n) is 3.27. The van der Waals surface area contributed by atoms with Crippen molar-refractivity contribution in [3.8, 4) is 0 Å². The minimum Gasteiger partial charge on any atom is -0.389 e. The van der Waals surface area contributed by atoms with Crippen molar-refractivity contribution in [3.63, 3.8) is 0 Å². The molecular formula is C10H21NO. The van der Waals surface area contributed by atoms with Crippen LogP contribution >= 0.6 is 0 Å². The van der Waals surface area contributed by atoms with Crippen molar-refractivity contribution in [2.24, 2.45) is 0 Å². The second kappa shape index (κ2) is 3.75. The monoisotopic (exact) mass is 171 g/mol. The molecule has 1 unspecified atom stereocenters. The van der Waals surface area contributed by atoms with Gasteiger partial charge in [-0.15, -0.1) is 0 Å². The first-order valence-corrected chi connectivity index (χ1v) is 5.07. The third kappa shape index (κ3) is 1.99. The first kappa shape index (κ1) is 10.0.